The molecule has 6 N–H and O–H groups in total. The molecule has 0 saturated carbocycles. The third-order valence-electron chi connectivity index (χ3n) is 7.37. The second kappa shape index (κ2) is 16.7. The predicted octanol–water partition coefficient (Wildman–Crippen LogP) is 6.52. The molecule has 9 nitrogen and oxygen atoms in total. The maximum Gasteiger partial charge on any atom is 0.409 e. The standard InChI is InChI=1S/C35H35N3O6.2FH/c39-31-16-14-28(29-15-17-33(41)38-34(29)31)32(40)22-36-21-24-8-6-11-26(19-24)44-18-5-4-7-23-12-13-27(25-9-2-1-3-10-25)30(20-23)37-35(42)43;;/h1-3,6,8-17,19-20,32,36-37,39-40H,4-5,7,18,21-22H2,(H,38,41)(H,42,43);2*1H/t32-;;/m1../s1. The first-order valence-electron chi connectivity index (χ1n) is 14.5. The van der Waals surface area contributed by atoms with Crippen LogP contribution >= 0.6 is 0 Å². The fourth-order valence-electron chi connectivity index (χ4n) is 5.21. The highest BCUT2D eigenvalue weighted by molar-refractivity contribution is 5.91. The van der Waals surface area contributed by atoms with E-state index in [0.29, 0.717) is 35.3 Å². The van der Waals surface area contributed by atoms with Gasteiger partial charge in [-0.15, -0.1) is 0 Å². The van der Waals surface area contributed by atoms with Gasteiger partial charge in [0.15, 0.2) is 0 Å². The number of halogens is 2. The maximum absolute atomic E-state index is 11.7. The van der Waals surface area contributed by atoms with E-state index in [1.165, 1.54) is 12.1 Å². The molecule has 0 aliphatic heterocycles. The Balaban J connectivity index is 0.00000288. The Labute approximate surface area is 264 Å². The van der Waals surface area contributed by atoms with Crippen LogP contribution < -0.4 is 20.9 Å². The van der Waals surface area contributed by atoms with Crippen molar-refractivity contribution in [1.29, 1.82) is 0 Å². The van der Waals surface area contributed by atoms with E-state index in [-0.39, 0.29) is 27.3 Å². The molecule has 0 unspecified atom stereocenters. The van der Waals surface area contributed by atoms with Crippen molar-refractivity contribution in [2.24, 2.45) is 0 Å². The molecule has 1 amide bonds. The number of aromatic amines is 1. The normalized spacial score (nSPS) is 11.2. The summed E-state index contributed by atoms with van der Waals surface area (Å²) in [5.41, 5.74) is 5.02. The minimum absolute atomic E-state index is 0. The van der Waals surface area contributed by atoms with Gasteiger partial charge in [0.1, 0.15) is 11.5 Å². The fourth-order valence-corrected chi connectivity index (χ4v) is 5.21. The summed E-state index contributed by atoms with van der Waals surface area (Å²) in [5.74, 6) is 0.719. The number of benzene rings is 4. The summed E-state index contributed by atoms with van der Waals surface area (Å²) in [7, 11) is 0. The second-order valence-electron chi connectivity index (χ2n) is 10.6. The lowest BCUT2D eigenvalue weighted by atomic mass is 9.99. The van der Waals surface area contributed by atoms with Crippen molar-refractivity contribution >= 4 is 22.7 Å². The number of unbranched alkanes of at least 4 members (excludes halogenated alkanes) is 1. The van der Waals surface area contributed by atoms with Gasteiger partial charge >= 0.3 is 6.09 Å². The number of pyridine rings is 1. The zero-order chi connectivity index (χ0) is 30.9. The number of rotatable bonds is 13. The largest absolute Gasteiger partial charge is 0.506 e. The molecule has 4 aromatic carbocycles. The van der Waals surface area contributed by atoms with E-state index in [2.05, 4.69) is 15.6 Å². The number of nitrogens with one attached hydrogen (secondary N) is 3. The van der Waals surface area contributed by atoms with E-state index in [1.54, 1.807) is 12.1 Å². The number of aliphatic hydroxyl groups excluding tert-OH is 1. The van der Waals surface area contributed by atoms with Crippen LogP contribution in [0.1, 0.15) is 35.6 Å². The van der Waals surface area contributed by atoms with Crippen LogP contribution in [0.2, 0.25) is 0 Å². The van der Waals surface area contributed by atoms with Crippen molar-refractivity contribution in [3.8, 4) is 22.6 Å². The number of phenols is 1. The first-order valence-corrected chi connectivity index (χ1v) is 14.5. The van der Waals surface area contributed by atoms with Gasteiger partial charge in [-0.2, -0.15) is 0 Å². The summed E-state index contributed by atoms with van der Waals surface area (Å²) >= 11 is 0. The van der Waals surface area contributed by atoms with Gasteiger partial charge in [0.05, 0.1) is 23.9 Å². The number of ether oxygens (including phenoxy) is 1. The molecule has 0 saturated heterocycles. The first-order chi connectivity index (χ1) is 21.4. The molecule has 0 radical (unpaired) electrons. The maximum atomic E-state index is 11.7. The number of amides is 1. The summed E-state index contributed by atoms with van der Waals surface area (Å²) in [6.45, 7) is 1.35. The zero-order valence-corrected chi connectivity index (χ0v) is 24.9. The van der Waals surface area contributed by atoms with Crippen LogP contribution in [-0.4, -0.2) is 39.5 Å². The lowest BCUT2D eigenvalue weighted by molar-refractivity contribution is 0.176. The number of carbonyl (C=O) groups is 1. The number of hydrogen-bond acceptors (Lipinski definition) is 6. The Hall–Kier alpha value is -5.26. The molecule has 1 aromatic heterocycles. The van der Waals surface area contributed by atoms with E-state index in [0.717, 1.165) is 47.3 Å². The number of aryl methyl sites for hydroxylation is 1. The van der Waals surface area contributed by atoms with Gasteiger partial charge < -0.3 is 30.4 Å². The molecule has 0 bridgehead atoms. The quantitative estimate of drug-likeness (QED) is 0.0810. The number of phenolic OH excluding ortho intramolecular Hbond substituents is 1. The van der Waals surface area contributed by atoms with Gasteiger partial charge in [0, 0.05) is 30.1 Å². The number of aromatic nitrogens is 1. The Bertz CT molecular complexity index is 1800. The van der Waals surface area contributed by atoms with Crippen LogP contribution in [0, 0.1) is 0 Å². The van der Waals surface area contributed by atoms with Gasteiger partial charge in [0.2, 0.25) is 5.56 Å². The zero-order valence-electron chi connectivity index (χ0n) is 24.9. The van der Waals surface area contributed by atoms with E-state index in [4.69, 9.17) is 4.74 Å². The molecule has 11 heteroatoms. The van der Waals surface area contributed by atoms with Crippen LogP contribution in [0.25, 0.3) is 22.0 Å². The Morgan fingerprint density at radius 3 is 2.46 bits per heavy atom. The van der Waals surface area contributed by atoms with Crippen LogP contribution in [0.5, 0.6) is 11.5 Å². The first kappa shape index (κ1) is 35.2. The number of anilines is 1. The molecular formula is C35H37F2N3O6. The van der Waals surface area contributed by atoms with E-state index < -0.39 is 12.2 Å². The fraction of sp³-hybridized carbons (Fsp3) is 0.200. The topological polar surface area (TPSA) is 144 Å². The smallest absolute Gasteiger partial charge is 0.409 e. The molecule has 242 valence electrons. The van der Waals surface area contributed by atoms with Crippen LogP contribution in [0.3, 0.4) is 0 Å². The second-order valence-corrected chi connectivity index (χ2v) is 10.6. The van der Waals surface area contributed by atoms with Gasteiger partial charge in [0.25, 0.3) is 0 Å². The summed E-state index contributed by atoms with van der Waals surface area (Å²) in [4.78, 5) is 25.6. The number of aliphatic hydroxyl groups is 1. The van der Waals surface area contributed by atoms with Crippen molar-refractivity contribution in [1.82, 2.24) is 10.3 Å². The van der Waals surface area contributed by atoms with E-state index in [9.17, 15) is 24.9 Å². The van der Waals surface area contributed by atoms with E-state index in [1.807, 2.05) is 72.8 Å². The molecule has 0 fully saturated rings. The van der Waals surface area contributed by atoms with Crippen molar-refractivity contribution in [3.05, 3.63) is 124 Å². The monoisotopic (exact) mass is 633 g/mol. The number of hydrogen-bond donors (Lipinski definition) is 6. The molecule has 0 aliphatic carbocycles. The van der Waals surface area contributed by atoms with Crippen molar-refractivity contribution in [2.75, 3.05) is 18.5 Å². The predicted molar refractivity (Wildman–Crippen MR) is 176 cm³/mol. The van der Waals surface area contributed by atoms with Gasteiger partial charge in [-0.3, -0.25) is 19.5 Å². The number of H-pyrrole nitrogens is 1. The van der Waals surface area contributed by atoms with Gasteiger partial charge in [-0.05, 0) is 71.8 Å². The highest BCUT2D eigenvalue weighted by Gasteiger charge is 2.14. The number of carboxylic acid groups (broad SMARTS) is 1. The third-order valence-corrected chi connectivity index (χ3v) is 7.37. The highest BCUT2D eigenvalue weighted by atomic mass is 19.0. The molecule has 46 heavy (non-hydrogen) atoms. The summed E-state index contributed by atoms with van der Waals surface area (Å²) in [5, 5.41) is 36.6. The number of fused-ring (bicyclic) bond motifs is 1. The Morgan fingerprint density at radius 2 is 1.67 bits per heavy atom. The Kier molecular flexibility index (Phi) is 12.8. The SMILES string of the molecule is F.F.O=C(O)Nc1cc(CCCCOc2cccc(CNC[C@@H](O)c3ccc(O)c4[nH]c(=O)ccc34)c2)ccc1-c1ccccc1. The summed E-state index contributed by atoms with van der Waals surface area (Å²) in [6, 6.07) is 29.5. The minimum atomic E-state index is -1.09. The molecular weight excluding hydrogens is 596 g/mol. The van der Waals surface area contributed by atoms with Crippen molar-refractivity contribution in [2.45, 2.75) is 31.9 Å². The molecule has 1 atom stereocenters. The van der Waals surface area contributed by atoms with Crippen LogP contribution in [0.4, 0.5) is 19.9 Å². The lowest BCUT2D eigenvalue weighted by Crippen LogP contribution is -2.21. The lowest BCUT2D eigenvalue weighted by Gasteiger charge is -2.15. The minimum Gasteiger partial charge on any atom is -0.506 e. The number of aromatic hydroxyl groups is 1. The molecule has 1 heterocycles. The van der Waals surface area contributed by atoms with Crippen LogP contribution in [-0.2, 0) is 13.0 Å². The Morgan fingerprint density at radius 1 is 0.870 bits per heavy atom. The van der Waals surface area contributed by atoms with E-state index >= 15 is 0 Å². The summed E-state index contributed by atoms with van der Waals surface area (Å²) in [6.07, 6.45) is 0.587. The molecule has 5 rings (SSSR count). The van der Waals surface area contributed by atoms with Crippen LogP contribution in [0.15, 0.2) is 102 Å². The van der Waals surface area contributed by atoms with Gasteiger partial charge in [-0.25, -0.2) is 4.79 Å². The molecule has 0 aliphatic rings. The highest BCUT2D eigenvalue weighted by Crippen LogP contribution is 2.30. The van der Waals surface area contributed by atoms with Crippen molar-refractivity contribution in [3.63, 3.8) is 0 Å². The summed E-state index contributed by atoms with van der Waals surface area (Å²) < 4.78 is 5.98. The van der Waals surface area contributed by atoms with Gasteiger partial charge in [-0.1, -0.05) is 60.7 Å². The third kappa shape index (κ3) is 9.13. The molecule has 5 aromatic rings. The average molecular weight is 634 g/mol. The van der Waals surface area contributed by atoms with Crippen molar-refractivity contribution < 1.29 is 34.3 Å². The molecule has 0 spiro atoms. The average Bonchev–Trinajstić information content (AvgIpc) is 3.02.